The number of amides is 3. The molecule has 3 amide bonds. The zero-order valence-electron chi connectivity index (χ0n) is 18.2. The molecule has 10 heteroatoms. The largest absolute Gasteiger partial charge is 0.497 e. The summed E-state index contributed by atoms with van der Waals surface area (Å²) in [5.74, 6) is 0.533. The van der Waals surface area contributed by atoms with Gasteiger partial charge >= 0.3 is 0 Å². The first-order chi connectivity index (χ1) is 15.9. The van der Waals surface area contributed by atoms with Crippen molar-refractivity contribution in [2.75, 3.05) is 23.5 Å². The molecule has 3 rings (SSSR count). The average Bonchev–Trinajstić information content (AvgIpc) is 3.25. The number of carbonyl (C=O) groups excluding carboxylic acids is 3. The number of thiazole rings is 1. The molecule has 0 aliphatic rings. The highest BCUT2D eigenvalue weighted by Crippen LogP contribution is 2.23. The Labute approximate surface area is 200 Å². The molecule has 0 fully saturated rings. The summed E-state index contributed by atoms with van der Waals surface area (Å²) in [7, 11) is 1.61. The second kappa shape index (κ2) is 12.0. The lowest BCUT2D eigenvalue weighted by molar-refractivity contribution is -0.120. The lowest BCUT2D eigenvalue weighted by atomic mass is 10.2. The Hall–Kier alpha value is -3.37. The van der Waals surface area contributed by atoms with E-state index in [0.717, 1.165) is 15.7 Å². The van der Waals surface area contributed by atoms with E-state index < -0.39 is 0 Å². The highest BCUT2D eigenvalue weighted by Gasteiger charge is 2.10. The number of hydrogen-bond donors (Lipinski definition) is 3. The standard InChI is InChI=1S/C23H24N4O4S2/c1-15(28)25-17-5-7-18(8-6-17)26-22(30)14-33-23-27-19(13-32-23)11-21(29)24-12-16-3-9-20(31-2)10-4-16/h3-10,13H,11-12,14H2,1-2H3,(H,24,29)(H,25,28)(H,26,30). The van der Waals surface area contributed by atoms with Gasteiger partial charge < -0.3 is 20.7 Å². The number of rotatable bonds is 10. The Morgan fingerprint density at radius 3 is 2.27 bits per heavy atom. The summed E-state index contributed by atoms with van der Waals surface area (Å²) in [5, 5.41) is 10.2. The number of nitrogens with zero attached hydrogens (tertiary/aromatic N) is 1. The molecule has 0 saturated heterocycles. The smallest absolute Gasteiger partial charge is 0.234 e. The molecule has 172 valence electrons. The molecule has 2 aromatic carbocycles. The van der Waals surface area contributed by atoms with Crippen molar-refractivity contribution in [2.24, 2.45) is 0 Å². The number of anilines is 2. The van der Waals surface area contributed by atoms with Crippen molar-refractivity contribution in [2.45, 2.75) is 24.2 Å². The van der Waals surface area contributed by atoms with E-state index in [-0.39, 0.29) is 29.9 Å². The number of aromatic nitrogens is 1. The Bertz CT molecular complexity index is 1100. The van der Waals surface area contributed by atoms with Crippen LogP contribution in [0.25, 0.3) is 0 Å². The molecular weight excluding hydrogens is 460 g/mol. The SMILES string of the molecule is COc1ccc(CNC(=O)Cc2csc(SCC(=O)Nc3ccc(NC(C)=O)cc3)n2)cc1. The highest BCUT2D eigenvalue weighted by molar-refractivity contribution is 8.01. The molecule has 3 aromatic rings. The van der Waals surface area contributed by atoms with Gasteiger partial charge in [0.05, 0.1) is 25.0 Å². The Balaban J connectivity index is 1.40. The summed E-state index contributed by atoms with van der Waals surface area (Å²) in [4.78, 5) is 39.9. The maximum Gasteiger partial charge on any atom is 0.234 e. The fraction of sp³-hybridized carbons (Fsp3) is 0.217. The van der Waals surface area contributed by atoms with Crippen LogP contribution < -0.4 is 20.7 Å². The molecule has 33 heavy (non-hydrogen) atoms. The van der Waals surface area contributed by atoms with Crippen molar-refractivity contribution >= 4 is 52.2 Å². The number of benzene rings is 2. The van der Waals surface area contributed by atoms with Crippen LogP contribution in [0.15, 0.2) is 58.3 Å². The molecule has 8 nitrogen and oxygen atoms in total. The van der Waals surface area contributed by atoms with Crippen LogP contribution in [0.1, 0.15) is 18.2 Å². The molecule has 0 spiro atoms. The number of methoxy groups -OCH3 is 1. The van der Waals surface area contributed by atoms with E-state index in [4.69, 9.17) is 4.74 Å². The van der Waals surface area contributed by atoms with E-state index in [1.54, 1.807) is 31.4 Å². The number of nitrogens with one attached hydrogen (secondary N) is 3. The summed E-state index contributed by atoms with van der Waals surface area (Å²) in [6, 6.07) is 14.4. The fourth-order valence-corrected chi connectivity index (χ4v) is 4.42. The molecule has 1 heterocycles. The molecular formula is C23H24N4O4S2. The first-order valence-corrected chi connectivity index (χ1v) is 11.9. The molecule has 0 radical (unpaired) electrons. The summed E-state index contributed by atoms with van der Waals surface area (Å²) < 4.78 is 5.85. The van der Waals surface area contributed by atoms with Crippen molar-refractivity contribution in [3.8, 4) is 5.75 Å². The van der Waals surface area contributed by atoms with Gasteiger partial charge in [-0.3, -0.25) is 14.4 Å². The van der Waals surface area contributed by atoms with E-state index >= 15 is 0 Å². The second-order valence-corrected chi connectivity index (χ2v) is 9.08. The van der Waals surface area contributed by atoms with Crippen LogP contribution in [0.4, 0.5) is 11.4 Å². The maximum atomic E-state index is 12.2. The van der Waals surface area contributed by atoms with Gasteiger partial charge in [0, 0.05) is 30.2 Å². The van der Waals surface area contributed by atoms with Crippen LogP contribution in [0.2, 0.25) is 0 Å². The topological polar surface area (TPSA) is 109 Å². The summed E-state index contributed by atoms with van der Waals surface area (Å²) in [6.07, 6.45) is 0.181. The van der Waals surface area contributed by atoms with Gasteiger partial charge in [-0.25, -0.2) is 4.98 Å². The third kappa shape index (κ3) is 8.24. The highest BCUT2D eigenvalue weighted by atomic mass is 32.2. The number of carbonyl (C=O) groups is 3. The second-order valence-electron chi connectivity index (χ2n) is 7.00. The van der Waals surface area contributed by atoms with Crippen LogP contribution in [0, 0.1) is 0 Å². The van der Waals surface area contributed by atoms with Gasteiger partial charge in [-0.15, -0.1) is 11.3 Å². The van der Waals surface area contributed by atoms with Gasteiger partial charge in [0.25, 0.3) is 0 Å². The zero-order chi connectivity index (χ0) is 23.6. The van der Waals surface area contributed by atoms with Gasteiger partial charge in [-0.2, -0.15) is 0 Å². The van der Waals surface area contributed by atoms with Crippen LogP contribution in [0.5, 0.6) is 5.75 Å². The van der Waals surface area contributed by atoms with Gasteiger partial charge in [0.15, 0.2) is 4.34 Å². The first-order valence-electron chi connectivity index (χ1n) is 10.1. The molecule has 0 aliphatic carbocycles. The average molecular weight is 485 g/mol. The van der Waals surface area contributed by atoms with Crippen molar-refractivity contribution in [3.63, 3.8) is 0 Å². The van der Waals surface area contributed by atoms with E-state index in [9.17, 15) is 14.4 Å². The normalized spacial score (nSPS) is 10.4. The van der Waals surface area contributed by atoms with E-state index in [1.807, 2.05) is 29.6 Å². The quantitative estimate of drug-likeness (QED) is 0.379. The van der Waals surface area contributed by atoms with Crippen molar-refractivity contribution in [1.82, 2.24) is 10.3 Å². The first kappa shape index (κ1) is 24.3. The van der Waals surface area contributed by atoms with Crippen molar-refractivity contribution in [3.05, 3.63) is 65.2 Å². The summed E-state index contributed by atoms with van der Waals surface area (Å²) in [6.45, 7) is 1.87. The monoisotopic (exact) mass is 484 g/mol. The maximum absolute atomic E-state index is 12.2. The zero-order valence-corrected chi connectivity index (χ0v) is 19.8. The molecule has 0 unspecified atom stereocenters. The van der Waals surface area contributed by atoms with Crippen LogP contribution in [0.3, 0.4) is 0 Å². The molecule has 1 aromatic heterocycles. The predicted molar refractivity (Wildman–Crippen MR) is 131 cm³/mol. The van der Waals surface area contributed by atoms with E-state index in [0.29, 0.717) is 23.6 Å². The van der Waals surface area contributed by atoms with Gasteiger partial charge in [-0.05, 0) is 42.0 Å². The van der Waals surface area contributed by atoms with Gasteiger partial charge in [0.1, 0.15) is 5.75 Å². The summed E-state index contributed by atoms with van der Waals surface area (Å²) >= 11 is 2.72. The Kier molecular flexibility index (Phi) is 8.85. The third-order valence-electron chi connectivity index (χ3n) is 4.34. The van der Waals surface area contributed by atoms with Crippen molar-refractivity contribution < 1.29 is 19.1 Å². The van der Waals surface area contributed by atoms with E-state index in [2.05, 4.69) is 20.9 Å². The number of ether oxygens (including phenoxy) is 1. The molecule has 3 N–H and O–H groups in total. The minimum absolute atomic E-state index is 0.117. The van der Waals surface area contributed by atoms with Crippen molar-refractivity contribution in [1.29, 1.82) is 0 Å². The molecule has 0 atom stereocenters. The molecule has 0 bridgehead atoms. The predicted octanol–water partition coefficient (Wildman–Crippen LogP) is 3.70. The lowest BCUT2D eigenvalue weighted by Gasteiger charge is -2.06. The third-order valence-corrected chi connectivity index (χ3v) is 6.41. The Morgan fingerprint density at radius 2 is 1.64 bits per heavy atom. The minimum Gasteiger partial charge on any atom is -0.497 e. The number of thioether (sulfide) groups is 1. The molecule has 0 aliphatic heterocycles. The van der Waals surface area contributed by atoms with Crippen LogP contribution in [-0.4, -0.2) is 35.6 Å². The lowest BCUT2D eigenvalue weighted by Crippen LogP contribution is -2.24. The van der Waals surface area contributed by atoms with E-state index in [1.165, 1.54) is 30.0 Å². The number of hydrogen-bond acceptors (Lipinski definition) is 7. The van der Waals surface area contributed by atoms with Crippen LogP contribution in [-0.2, 0) is 27.3 Å². The van der Waals surface area contributed by atoms with Gasteiger partial charge in [0.2, 0.25) is 17.7 Å². The Morgan fingerprint density at radius 1 is 0.970 bits per heavy atom. The van der Waals surface area contributed by atoms with Crippen LogP contribution >= 0.6 is 23.1 Å². The molecule has 0 saturated carbocycles. The summed E-state index contributed by atoms with van der Waals surface area (Å²) in [5.41, 5.74) is 2.96. The minimum atomic E-state index is -0.165. The van der Waals surface area contributed by atoms with Gasteiger partial charge in [-0.1, -0.05) is 23.9 Å². The fourth-order valence-electron chi connectivity index (χ4n) is 2.77.